The average molecular weight is 353 g/mol. The van der Waals surface area contributed by atoms with Crippen molar-refractivity contribution in [3.8, 4) is 0 Å². The third kappa shape index (κ3) is 2.70. The molecule has 0 aliphatic carbocycles. The molecule has 104 valence electrons. The molecule has 0 N–H and O–H groups in total. The molecule has 3 rings (SSSR count). The highest BCUT2D eigenvalue weighted by Gasteiger charge is 2.09. The monoisotopic (exact) mass is 352 g/mol. The molecule has 0 bridgehead atoms. The van der Waals surface area contributed by atoms with Crippen LogP contribution in [0.15, 0.2) is 45.1 Å². The van der Waals surface area contributed by atoms with Gasteiger partial charge in [-0.05, 0) is 47.2 Å². The van der Waals surface area contributed by atoms with Crippen LogP contribution in [0.3, 0.4) is 0 Å². The van der Waals surface area contributed by atoms with Gasteiger partial charge in [0.1, 0.15) is 0 Å². The van der Waals surface area contributed by atoms with Crippen LogP contribution in [0.4, 0.5) is 0 Å². The summed E-state index contributed by atoms with van der Waals surface area (Å²) in [4.78, 5) is 15.5. The van der Waals surface area contributed by atoms with E-state index in [4.69, 9.17) is 0 Å². The Kier molecular flexibility index (Phi) is 3.73. The number of hydrogen-bond acceptors (Lipinski definition) is 4. The molecule has 3 aromatic heterocycles. The number of halogens is 1. The Balaban J connectivity index is 1.79. The number of hydrogen-bond donors (Lipinski definition) is 0. The Morgan fingerprint density at radius 1 is 1.35 bits per heavy atom. The van der Waals surface area contributed by atoms with Crippen LogP contribution in [0, 0.1) is 0 Å². The zero-order valence-corrected chi connectivity index (χ0v) is 13.3. The van der Waals surface area contributed by atoms with Crippen molar-refractivity contribution >= 4 is 32.9 Å². The van der Waals surface area contributed by atoms with E-state index in [1.807, 2.05) is 31.3 Å². The second kappa shape index (κ2) is 5.51. The molecule has 0 atom stereocenters. The molecule has 0 saturated carbocycles. The number of nitrogens with zero attached hydrogens (tertiary/aromatic N) is 4. The molecule has 3 heterocycles. The molecule has 0 aliphatic rings. The predicted octanol–water partition coefficient (Wildman–Crippen LogP) is 2.41. The van der Waals surface area contributed by atoms with E-state index in [1.165, 1.54) is 9.56 Å². The quantitative estimate of drug-likeness (QED) is 0.724. The van der Waals surface area contributed by atoms with Crippen LogP contribution < -0.4 is 5.69 Å². The lowest BCUT2D eigenvalue weighted by molar-refractivity contribution is 0.244. The zero-order chi connectivity index (χ0) is 14.1. The summed E-state index contributed by atoms with van der Waals surface area (Å²) in [6.45, 7) is 1.26. The van der Waals surface area contributed by atoms with E-state index in [0.29, 0.717) is 12.3 Å². The van der Waals surface area contributed by atoms with E-state index in [-0.39, 0.29) is 5.69 Å². The zero-order valence-electron chi connectivity index (χ0n) is 10.9. The van der Waals surface area contributed by atoms with Crippen LogP contribution >= 0.6 is 27.3 Å². The molecule has 0 radical (unpaired) electrons. The van der Waals surface area contributed by atoms with Crippen molar-refractivity contribution in [3.05, 3.63) is 55.7 Å². The fourth-order valence-electron chi connectivity index (χ4n) is 2.04. The van der Waals surface area contributed by atoms with Gasteiger partial charge < -0.3 is 0 Å². The number of rotatable bonds is 4. The fourth-order valence-corrected chi connectivity index (χ4v) is 3.61. The summed E-state index contributed by atoms with van der Waals surface area (Å²) in [6, 6.07) is 9.64. The van der Waals surface area contributed by atoms with Crippen LogP contribution in [0.1, 0.15) is 4.88 Å². The van der Waals surface area contributed by atoms with Crippen LogP contribution in [-0.2, 0) is 13.2 Å². The fraction of sp³-hybridized carbons (Fsp3) is 0.231. The van der Waals surface area contributed by atoms with Crippen molar-refractivity contribution in [1.82, 2.24) is 19.1 Å². The van der Waals surface area contributed by atoms with Crippen LogP contribution in [0.2, 0.25) is 0 Å². The first-order valence-corrected chi connectivity index (χ1v) is 7.71. The second-order valence-electron chi connectivity index (χ2n) is 4.57. The summed E-state index contributed by atoms with van der Waals surface area (Å²) >= 11 is 5.15. The van der Waals surface area contributed by atoms with Gasteiger partial charge in [0.05, 0.1) is 10.5 Å². The molecule has 0 aromatic carbocycles. The van der Waals surface area contributed by atoms with Crippen molar-refractivity contribution in [2.45, 2.75) is 13.2 Å². The molecular weight excluding hydrogens is 340 g/mol. The first-order chi connectivity index (χ1) is 9.63. The SMILES string of the molecule is CN(Cc1ccc(Br)s1)Cn1nc2ccccn2c1=O. The maximum absolute atomic E-state index is 12.2. The second-order valence-corrected chi connectivity index (χ2v) is 7.12. The van der Waals surface area contributed by atoms with Crippen LogP contribution in [0.5, 0.6) is 0 Å². The third-order valence-corrected chi connectivity index (χ3v) is 4.53. The van der Waals surface area contributed by atoms with Crippen LogP contribution in [0.25, 0.3) is 5.65 Å². The van der Waals surface area contributed by atoms with Gasteiger partial charge in [0, 0.05) is 17.6 Å². The molecule has 0 unspecified atom stereocenters. The highest BCUT2D eigenvalue weighted by molar-refractivity contribution is 9.11. The van der Waals surface area contributed by atoms with Crippen LogP contribution in [-0.4, -0.2) is 26.1 Å². The van der Waals surface area contributed by atoms with Crippen molar-refractivity contribution in [1.29, 1.82) is 0 Å². The highest BCUT2D eigenvalue weighted by atomic mass is 79.9. The lowest BCUT2D eigenvalue weighted by Crippen LogP contribution is -2.29. The normalized spacial score (nSPS) is 11.6. The molecule has 0 fully saturated rings. The Hall–Kier alpha value is -1.44. The first kappa shape index (κ1) is 13.5. The first-order valence-electron chi connectivity index (χ1n) is 6.10. The smallest absolute Gasteiger partial charge is 0.282 e. The summed E-state index contributed by atoms with van der Waals surface area (Å²) in [7, 11) is 1.98. The summed E-state index contributed by atoms with van der Waals surface area (Å²) in [5, 5.41) is 4.32. The molecule has 0 saturated heterocycles. The van der Waals surface area contributed by atoms with Gasteiger partial charge in [-0.2, -0.15) is 4.68 Å². The minimum absolute atomic E-state index is 0.111. The summed E-state index contributed by atoms with van der Waals surface area (Å²) < 4.78 is 4.15. The largest absolute Gasteiger partial charge is 0.351 e. The maximum Gasteiger partial charge on any atom is 0.351 e. The summed E-state index contributed by atoms with van der Waals surface area (Å²) in [5.41, 5.74) is 0.560. The van der Waals surface area contributed by atoms with Gasteiger partial charge in [-0.1, -0.05) is 6.07 Å². The molecule has 0 spiro atoms. The molecule has 3 aromatic rings. The average Bonchev–Trinajstić information content (AvgIpc) is 2.95. The summed E-state index contributed by atoms with van der Waals surface area (Å²) in [6.07, 6.45) is 1.73. The Bertz CT molecular complexity index is 791. The lowest BCUT2D eigenvalue weighted by atomic mass is 10.4. The van der Waals surface area contributed by atoms with Gasteiger partial charge in [-0.25, -0.2) is 4.79 Å². The number of fused-ring (bicyclic) bond motifs is 1. The Labute approximate surface area is 128 Å². The van der Waals surface area contributed by atoms with E-state index in [0.717, 1.165) is 10.3 Å². The summed E-state index contributed by atoms with van der Waals surface area (Å²) in [5.74, 6) is 0. The molecule has 0 aliphatic heterocycles. The van der Waals surface area contributed by atoms with E-state index in [9.17, 15) is 4.79 Å². The van der Waals surface area contributed by atoms with Gasteiger partial charge in [0.15, 0.2) is 5.65 Å². The molecule has 0 amide bonds. The predicted molar refractivity (Wildman–Crippen MR) is 82.9 cm³/mol. The van der Waals surface area contributed by atoms with E-state index >= 15 is 0 Å². The highest BCUT2D eigenvalue weighted by Crippen LogP contribution is 2.22. The topological polar surface area (TPSA) is 42.5 Å². The maximum atomic E-state index is 12.2. The standard InChI is InChI=1S/C13H13BrN4OS/c1-16(8-10-5-6-11(14)20-10)9-18-13(19)17-7-3-2-4-12(17)15-18/h2-7H,8-9H2,1H3. The number of thiophene rings is 1. The third-order valence-electron chi connectivity index (χ3n) is 2.92. The van der Waals surface area contributed by atoms with Crippen molar-refractivity contribution in [3.63, 3.8) is 0 Å². The molecule has 5 nitrogen and oxygen atoms in total. The minimum atomic E-state index is -0.111. The van der Waals surface area contributed by atoms with Crippen molar-refractivity contribution in [2.24, 2.45) is 0 Å². The van der Waals surface area contributed by atoms with Gasteiger partial charge >= 0.3 is 5.69 Å². The van der Waals surface area contributed by atoms with E-state index < -0.39 is 0 Å². The molecule has 20 heavy (non-hydrogen) atoms. The lowest BCUT2D eigenvalue weighted by Gasteiger charge is -2.14. The van der Waals surface area contributed by atoms with Crippen molar-refractivity contribution in [2.75, 3.05) is 7.05 Å². The van der Waals surface area contributed by atoms with Crippen molar-refractivity contribution < 1.29 is 0 Å². The van der Waals surface area contributed by atoms with Gasteiger partial charge in [0.25, 0.3) is 0 Å². The van der Waals surface area contributed by atoms with Gasteiger partial charge in [-0.3, -0.25) is 9.30 Å². The van der Waals surface area contributed by atoms with Gasteiger partial charge in [-0.15, -0.1) is 16.4 Å². The van der Waals surface area contributed by atoms with E-state index in [2.05, 4.69) is 32.0 Å². The number of aromatic nitrogens is 3. The number of pyridine rings is 1. The molecular formula is C13H13BrN4OS. The minimum Gasteiger partial charge on any atom is -0.282 e. The Morgan fingerprint density at radius 2 is 2.20 bits per heavy atom. The van der Waals surface area contributed by atoms with E-state index in [1.54, 1.807) is 21.9 Å². The Morgan fingerprint density at radius 3 is 2.90 bits per heavy atom. The molecule has 7 heteroatoms. The van der Waals surface area contributed by atoms with Gasteiger partial charge in [0.2, 0.25) is 0 Å².